The van der Waals surface area contributed by atoms with Crippen molar-refractivity contribution in [1.29, 1.82) is 0 Å². The van der Waals surface area contributed by atoms with Gasteiger partial charge in [0.2, 0.25) is 5.91 Å². The van der Waals surface area contributed by atoms with E-state index in [9.17, 15) is 4.79 Å². The molecular formula is C18H17Cl2NO2. The summed E-state index contributed by atoms with van der Waals surface area (Å²) >= 11 is 11.8. The van der Waals surface area contributed by atoms with Gasteiger partial charge in [0.05, 0.1) is 16.8 Å². The topological polar surface area (TPSA) is 38.3 Å². The second kappa shape index (κ2) is 8.04. The molecule has 120 valence electrons. The van der Waals surface area contributed by atoms with E-state index in [0.717, 1.165) is 11.3 Å². The van der Waals surface area contributed by atoms with E-state index < -0.39 is 0 Å². The second-order valence-electron chi connectivity index (χ2n) is 5.19. The molecule has 0 fully saturated rings. The Morgan fingerprint density at radius 3 is 2.65 bits per heavy atom. The van der Waals surface area contributed by atoms with E-state index in [1.54, 1.807) is 24.3 Å². The fourth-order valence-corrected chi connectivity index (χ4v) is 2.36. The Morgan fingerprint density at radius 1 is 1.17 bits per heavy atom. The van der Waals surface area contributed by atoms with Gasteiger partial charge in [-0.25, -0.2) is 0 Å². The smallest absolute Gasteiger partial charge is 0.248 e. The monoisotopic (exact) mass is 349 g/mol. The van der Waals surface area contributed by atoms with Gasteiger partial charge in [0, 0.05) is 11.1 Å². The van der Waals surface area contributed by atoms with Gasteiger partial charge < -0.3 is 10.1 Å². The molecule has 0 unspecified atom stereocenters. The fourth-order valence-electron chi connectivity index (χ4n) is 1.90. The number of anilines is 1. The highest BCUT2D eigenvalue weighted by Crippen LogP contribution is 2.25. The number of halogens is 2. The molecule has 3 nitrogen and oxygen atoms in total. The molecule has 2 aromatic carbocycles. The molecule has 0 heterocycles. The van der Waals surface area contributed by atoms with Gasteiger partial charge in [0.15, 0.2) is 0 Å². The summed E-state index contributed by atoms with van der Waals surface area (Å²) in [6, 6.07) is 12.4. The van der Waals surface area contributed by atoms with Crippen LogP contribution in [0.2, 0.25) is 10.0 Å². The number of hydrogen-bond donors (Lipinski definition) is 1. The third kappa shape index (κ3) is 5.62. The maximum absolute atomic E-state index is 12.0. The van der Waals surface area contributed by atoms with Crippen LogP contribution in [0.3, 0.4) is 0 Å². The van der Waals surface area contributed by atoms with E-state index in [1.807, 2.05) is 38.1 Å². The first-order valence-electron chi connectivity index (χ1n) is 7.15. The lowest BCUT2D eigenvalue weighted by Crippen LogP contribution is -2.08. The van der Waals surface area contributed by atoms with Gasteiger partial charge in [-0.3, -0.25) is 4.79 Å². The molecule has 0 aromatic heterocycles. The lowest BCUT2D eigenvalue weighted by Gasteiger charge is -2.09. The first kappa shape index (κ1) is 17.4. The van der Waals surface area contributed by atoms with E-state index in [1.165, 1.54) is 6.08 Å². The van der Waals surface area contributed by atoms with Crippen LogP contribution >= 0.6 is 23.2 Å². The molecule has 0 atom stereocenters. The summed E-state index contributed by atoms with van der Waals surface area (Å²) in [4.78, 5) is 12.0. The molecule has 1 N–H and O–H groups in total. The zero-order valence-electron chi connectivity index (χ0n) is 12.8. The summed E-state index contributed by atoms with van der Waals surface area (Å²) in [5.41, 5.74) is 1.39. The van der Waals surface area contributed by atoms with Crippen molar-refractivity contribution in [2.45, 2.75) is 20.0 Å². The molecule has 0 radical (unpaired) electrons. The first-order valence-corrected chi connectivity index (χ1v) is 7.90. The number of amides is 1. The largest absolute Gasteiger partial charge is 0.491 e. The minimum absolute atomic E-state index is 0.101. The van der Waals surface area contributed by atoms with Crippen molar-refractivity contribution in [1.82, 2.24) is 0 Å². The quantitative estimate of drug-likeness (QED) is 0.730. The number of carbonyl (C=O) groups is 1. The number of carbonyl (C=O) groups excluding carboxylic acids is 1. The summed E-state index contributed by atoms with van der Waals surface area (Å²) in [7, 11) is 0. The lowest BCUT2D eigenvalue weighted by molar-refractivity contribution is -0.111. The summed E-state index contributed by atoms with van der Waals surface area (Å²) in [5, 5.41) is 3.62. The van der Waals surface area contributed by atoms with E-state index in [2.05, 4.69) is 5.32 Å². The van der Waals surface area contributed by atoms with Crippen LogP contribution in [0.1, 0.15) is 19.4 Å². The average Bonchev–Trinajstić information content (AvgIpc) is 2.48. The molecule has 23 heavy (non-hydrogen) atoms. The Kier molecular flexibility index (Phi) is 6.08. The molecule has 0 bridgehead atoms. The highest BCUT2D eigenvalue weighted by molar-refractivity contribution is 6.36. The summed E-state index contributed by atoms with van der Waals surface area (Å²) in [6.07, 6.45) is 3.26. The van der Waals surface area contributed by atoms with Crippen molar-refractivity contribution >= 4 is 40.9 Å². The Hall–Kier alpha value is -1.97. The molecule has 1 amide bonds. The highest BCUT2D eigenvalue weighted by atomic mass is 35.5. The summed E-state index contributed by atoms with van der Waals surface area (Å²) in [6.45, 7) is 3.93. The third-order valence-corrected chi connectivity index (χ3v) is 3.39. The maximum atomic E-state index is 12.0. The molecule has 0 saturated carbocycles. The van der Waals surface area contributed by atoms with Crippen molar-refractivity contribution in [3.8, 4) is 5.75 Å². The SMILES string of the molecule is CC(C)Oc1cccc(/C=C/C(=O)Nc2ccc(Cl)cc2Cl)c1. The number of benzene rings is 2. The molecule has 2 aromatic rings. The van der Waals surface area contributed by atoms with Gasteiger partial charge >= 0.3 is 0 Å². The van der Waals surface area contributed by atoms with E-state index in [4.69, 9.17) is 27.9 Å². The maximum Gasteiger partial charge on any atom is 0.248 e. The Bertz CT molecular complexity index is 727. The van der Waals surface area contributed by atoms with Crippen LogP contribution in [0, 0.1) is 0 Å². The van der Waals surface area contributed by atoms with Crippen LogP contribution in [0.15, 0.2) is 48.5 Å². The van der Waals surface area contributed by atoms with Crippen molar-refractivity contribution in [2.24, 2.45) is 0 Å². The van der Waals surface area contributed by atoms with Crippen molar-refractivity contribution in [2.75, 3.05) is 5.32 Å². The number of nitrogens with one attached hydrogen (secondary N) is 1. The second-order valence-corrected chi connectivity index (χ2v) is 6.03. The molecule has 0 aliphatic rings. The van der Waals surface area contributed by atoms with Gasteiger partial charge in [-0.05, 0) is 55.8 Å². The van der Waals surface area contributed by atoms with Crippen LogP contribution in [-0.2, 0) is 4.79 Å². The molecule has 5 heteroatoms. The first-order chi connectivity index (χ1) is 10.9. The van der Waals surface area contributed by atoms with Crippen LogP contribution in [0.25, 0.3) is 6.08 Å². The highest BCUT2D eigenvalue weighted by Gasteiger charge is 2.04. The van der Waals surface area contributed by atoms with Crippen LogP contribution < -0.4 is 10.1 Å². The predicted octanol–water partition coefficient (Wildman–Crippen LogP) is 5.43. The zero-order chi connectivity index (χ0) is 16.8. The molecule has 2 rings (SSSR count). The molecule has 0 spiro atoms. The standard InChI is InChI=1S/C18H17Cl2NO2/c1-12(2)23-15-5-3-4-13(10-15)6-9-18(22)21-17-8-7-14(19)11-16(17)20/h3-12H,1-2H3,(H,21,22)/b9-6+. The Morgan fingerprint density at radius 2 is 1.96 bits per heavy atom. The predicted molar refractivity (Wildman–Crippen MR) is 96.3 cm³/mol. The zero-order valence-corrected chi connectivity index (χ0v) is 14.4. The molecule has 0 aliphatic heterocycles. The van der Waals surface area contributed by atoms with Crippen LogP contribution in [-0.4, -0.2) is 12.0 Å². The Balaban J connectivity index is 2.03. The third-order valence-electron chi connectivity index (χ3n) is 2.85. The number of rotatable bonds is 5. The van der Waals surface area contributed by atoms with Crippen LogP contribution in [0.5, 0.6) is 5.75 Å². The van der Waals surface area contributed by atoms with Gasteiger partial charge in [-0.1, -0.05) is 35.3 Å². The van der Waals surface area contributed by atoms with E-state index >= 15 is 0 Å². The minimum Gasteiger partial charge on any atom is -0.491 e. The normalized spacial score (nSPS) is 11.0. The molecule has 0 aliphatic carbocycles. The van der Waals surface area contributed by atoms with E-state index in [0.29, 0.717) is 15.7 Å². The van der Waals surface area contributed by atoms with Crippen LogP contribution in [0.4, 0.5) is 5.69 Å². The Labute approximate surface area is 145 Å². The lowest BCUT2D eigenvalue weighted by atomic mass is 10.2. The number of ether oxygens (including phenoxy) is 1. The van der Waals surface area contributed by atoms with Crippen molar-refractivity contribution < 1.29 is 9.53 Å². The van der Waals surface area contributed by atoms with Gasteiger partial charge in [0.1, 0.15) is 5.75 Å². The summed E-state index contributed by atoms with van der Waals surface area (Å²) < 4.78 is 5.62. The summed E-state index contributed by atoms with van der Waals surface area (Å²) in [5.74, 6) is 0.493. The van der Waals surface area contributed by atoms with Gasteiger partial charge in [0.25, 0.3) is 0 Å². The van der Waals surface area contributed by atoms with Crippen molar-refractivity contribution in [3.63, 3.8) is 0 Å². The molecular weight excluding hydrogens is 333 g/mol. The average molecular weight is 350 g/mol. The van der Waals surface area contributed by atoms with Crippen molar-refractivity contribution in [3.05, 3.63) is 64.1 Å². The number of hydrogen-bond acceptors (Lipinski definition) is 2. The minimum atomic E-state index is -0.274. The van der Waals surface area contributed by atoms with Gasteiger partial charge in [-0.15, -0.1) is 0 Å². The van der Waals surface area contributed by atoms with E-state index in [-0.39, 0.29) is 12.0 Å². The fraction of sp³-hybridized carbons (Fsp3) is 0.167. The van der Waals surface area contributed by atoms with Gasteiger partial charge in [-0.2, -0.15) is 0 Å². The molecule has 0 saturated heterocycles.